The summed E-state index contributed by atoms with van der Waals surface area (Å²) in [5.74, 6) is -0.00694. The van der Waals surface area contributed by atoms with E-state index in [0.29, 0.717) is 0 Å². The molecule has 0 aliphatic heterocycles. The summed E-state index contributed by atoms with van der Waals surface area (Å²) in [5.41, 5.74) is 0. The van der Waals surface area contributed by atoms with Crippen molar-refractivity contribution in [1.82, 2.24) is 0 Å². The minimum atomic E-state index is -2.77. The normalized spacial score (nSPS) is 8.75. The third-order valence-electron chi connectivity index (χ3n) is 0.371. The zero-order valence-electron chi connectivity index (χ0n) is 5.09. The van der Waals surface area contributed by atoms with Gasteiger partial charge in [0.2, 0.25) is 0 Å². The van der Waals surface area contributed by atoms with Crippen LogP contribution < -0.4 is 0 Å². The average Bonchev–Trinajstić information content (AvgIpc) is 1.35. The average molecular weight is 173 g/mol. The second-order valence-corrected chi connectivity index (χ2v) is 3.39. The molecule has 0 aliphatic carbocycles. The van der Waals surface area contributed by atoms with E-state index >= 15 is 0 Å². The first kappa shape index (κ1) is 15.8. The number of rotatable bonds is 1. The molecule has 1 radical (unpaired) electrons. The molecule has 0 aliphatic rings. The van der Waals surface area contributed by atoms with E-state index in [0.717, 1.165) is 6.26 Å². The molecule has 0 amide bonds. The van der Waals surface area contributed by atoms with Crippen LogP contribution in [0.15, 0.2) is 0 Å². The molecule has 0 spiro atoms. The van der Waals surface area contributed by atoms with E-state index < -0.39 is 9.84 Å². The third kappa shape index (κ3) is 16.0. The van der Waals surface area contributed by atoms with Gasteiger partial charge < -0.3 is 14.4 Å². The van der Waals surface area contributed by atoms with E-state index in [2.05, 4.69) is 6.92 Å². The molecule has 0 rings (SSSR count). The molecular formula is C4H10O2SV. The summed E-state index contributed by atoms with van der Waals surface area (Å²) in [6, 6.07) is 0. The fraction of sp³-hybridized carbons (Fsp3) is 0.500. The van der Waals surface area contributed by atoms with Crippen LogP contribution in [0.25, 0.3) is 0 Å². The van der Waals surface area contributed by atoms with Gasteiger partial charge in [0, 0.05) is 6.26 Å². The van der Waals surface area contributed by atoms with E-state index in [4.69, 9.17) is 0 Å². The first-order valence-corrected chi connectivity index (χ1v) is 3.59. The second-order valence-electron chi connectivity index (χ2n) is 1.13. The van der Waals surface area contributed by atoms with Crippen molar-refractivity contribution in [2.75, 3.05) is 12.0 Å². The van der Waals surface area contributed by atoms with Gasteiger partial charge in [0.1, 0.15) is 9.84 Å². The Kier molecular flexibility index (Phi) is 11.2. The van der Waals surface area contributed by atoms with Crippen LogP contribution in [-0.2, 0) is 28.4 Å². The molecule has 0 bridgehead atoms. The molecule has 4 heteroatoms. The van der Waals surface area contributed by atoms with Crippen LogP contribution in [0.4, 0.5) is 0 Å². The van der Waals surface area contributed by atoms with Gasteiger partial charge in [-0.05, 0) is 0 Å². The number of sulfone groups is 1. The summed E-state index contributed by atoms with van der Waals surface area (Å²) in [6.07, 6.45) is 1.15. The Morgan fingerprint density at radius 3 is 1.62 bits per heavy atom. The van der Waals surface area contributed by atoms with E-state index in [1.54, 1.807) is 0 Å². The van der Waals surface area contributed by atoms with Crippen LogP contribution in [-0.4, -0.2) is 20.4 Å². The molecule has 0 unspecified atom stereocenters. The summed E-state index contributed by atoms with van der Waals surface area (Å²) in [4.78, 5) is 0. The van der Waals surface area contributed by atoms with Crippen molar-refractivity contribution in [2.45, 2.75) is 0 Å². The molecule has 0 atom stereocenters. The summed E-state index contributed by atoms with van der Waals surface area (Å²) in [6.45, 7) is 3.17. The van der Waals surface area contributed by atoms with Crippen molar-refractivity contribution < 1.29 is 27.0 Å². The zero-order chi connectivity index (χ0) is 5.21. The summed E-state index contributed by atoms with van der Waals surface area (Å²) in [5, 5.41) is 0. The van der Waals surface area contributed by atoms with Gasteiger partial charge in [0.25, 0.3) is 0 Å². The third-order valence-corrected chi connectivity index (χ3v) is 1.11. The van der Waals surface area contributed by atoms with Gasteiger partial charge in [0.05, 0.1) is 0 Å². The van der Waals surface area contributed by atoms with Gasteiger partial charge in [-0.3, -0.25) is 0 Å². The summed E-state index contributed by atoms with van der Waals surface area (Å²) < 4.78 is 19.9. The first-order valence-electron chi connectivity index (χ1n) is 1.53. The molecule has 0 aromatic carbocycles. The van der Waals surface area contributed by atoms with Gasteiger partial charge in [-0.15, -0.1) is 0 Å². The molecule has 0 aromatic heterocycles. The van der Waals surface area contributed by atoms with Crippen LogP contribution in [0.2, 0.25) is 0 Å². The Labute approximate surface area is 63.5 Å². The number of hydrogen-bond donors (Lipinski definition) is 0. The van der Waals surface area contributed by atoms with E-state index in [9.17, 15) is 8.42 Å². The summed E-state index contributed by atoms with van der Waals surface area (Å²) >= 11 is 0. The van der Waals surface area contributed by atoms with Crippen molar-refractivity contribution in [3.63, 3.8) is 0 Å². The largest absolute Gasteiger partial charge is 2.00 e. The Morgan fingerprint density at radius 1 is 1.50 bits per heavy atom. The van der Waals surface area contributed by atoms with Crippen molar-refractivity contribution >= 4 is 9.84 Å². The molecule has 0 N–H and O–H groups in total. The maximum absolute atomic E-state index is 9.94. The van der Waals surface area contributed by atoms with Gasteiger partial charge >= 0.3 is 18.6 Å². The van der Waals surface area contributed by atoms with Gasteiger partial charge in [-0.2, -0.15) is 0 Å². The van der Waals surface area contributed by atoms with Crippen molar-refractivity contribution in [2.24, 2.45) is 0 Å². The van der Waals surface area contributed by atoms with Gasteiger partial charge in [0.15, 0.2) is 0 Å². The van der Waals surface area contributed by atoms with Crippen LogP contribution in [0.1, 0.15) is 0 Å². The minimum absolute atomic E-state index is 0. The Morgan fingerprint density at radius 2 is 1.62 bits per heavy atom. The zero-order valence-corrected chi connectivity index (χ0v) is 7.30. The molecule has 0 fully saturated rings. The maximum Gasteiger partial charge on any atom is 2.00 e. The van der Waals surface area contributed by atoms with E-state index in [1.165, 1.54) is 0 Å². The van der Waals surface area contributed by atoms with Crippen LogP contribution in [0.5, 0.6) is 0 Å². The molecule has 49 valence electrons. The fourth-order valence-corrected chi connectivity index (χ4v) is 0. The molecule has 8 heavy (non-hydrogen) atoms. The molecule has 0 saturated heterocycles. The molecular weight excluding hydrogens is 163 g/mol. The SMILES string of the molecule is [CH2-]CS(C)(=O)=O.[CH3-].[V+2]. The van der Waals surface area contributed by atoms with Crippen molar-refractivity contribution in [3.05, 3.63) is 14.4 Å². The quantitative estimate of drug-likeness (QED) is 0.535. The second kappa shape index (κ2) is 5.67. The predicted molar refractivity (Wildman–Crippen MR) is 31.5 cm³/mol. The molecule has 0 aromatic rings. The van der Waals surface area contributed by atoms with Crippen molar-refractivity contribution in [1.29, 1.82) is 0 Å². The van der Waals surface area contributed by atoms with Gasteiger partial charge in [-0.25, -0.2) is 8.42 Å². The molecule has 0 saturated carbocycles. The Balaban J connectivity index is -0.000000125. The summed E-state index contributed by atoms with van der Waals surface area (Å²) in [7, 11) is -2.77. The van der Waals surface area contributed by atoms with E-state index in [-0.39, 0.29) is 31.7 Å². The Bertz CT molecular complexity index is 116. The standard InChI is InChI=1S/C3H7O2S.CH3.V/c1-3-6(2,4)5;;/h1,3H2,2H3;1H3;/q2*-1;+2. The maximum atomic E-state index is 9.94. The van der Waals surface area contributed by atoms with Crippen LogP contribution in [0.3, 0.4) is 0 Å². The molecule has 0 heterocycles. The van der Waals surface area contributed by atoms with Crippen LogP contribution in [0, 0.1) is 14.4 Å². The smallest absolute Gasteiger partial charge is 0.358 e. The monoisotopic (exact) mass is 173 g/mol. The van der Waals surface area contributed by atoms with Gasteiger partial charge in [-0.1, -0.05) is 5.75 Å². The topological polar surface area (TPSA) is 34.1 Å². The molecule has 2 nitrogen and oxygen atoms in total. The minimum Gasteiger partial charge on any atom is -0.358 e. The first-order chi connectivity index (χ1) is 2.56. The van der Waals surface area contributed by atoms with Crippen molar-refractivity contribution in [3.8, 4) is 0 Å². The van der Waals surface area contributed by atoms with E-state index in [1.807, 2.05) is 0 Å². The number of hydrogen-bond acceptors (Lipinski definition) is 2. The predicted octanol–water partition coefficient (Wildman–Crippen LogP) is 0.313. The Hall–Kier alpha value is 0.534. The van der Waals surface area contributed by atoms with Crippen LogP contribution >= 0.6 is 0 Å². The fourth-order valence-electron chi connectivity index (χ4n) is 0.